The average Bonchev–Trinajstić information content (AvgIpc) is 2.83. The molecule has 0 saturated carbocycles. The minimum atomic E-state index is -0.247. The van der Waals surface area contributed by atoms with E-state index in [1.54, 1.807) is 11.3 Å². The first-order valence-corrected chi connectivity index (χ1v) is 7.26. The number of fused-ring (bicyclic) bond motifs is 1. The van der Waals surface area contributed by atoms with Crippen molar-refractivity contribution in [2.75, 3.05) is 0 Å². The standard InChI is InChI=1S/C12H13BrN2OS/c1-7-2-5-10(17-7)12-14-11(13)9-4-3-8(16)6-15(9)12/h2,5,8,16H,3-4,6H2,1H3. The lowest BCUT2D eigenvalue weighted by molar-refractivity contribution is 0.132. The van der Waals surface area contributed by atoms with Crippen LogP contribution in [-0.4, -0.2) is 20.8 Å². The Bertz CT molecular complexity index is 561. The van der Waals surface area contributed by atoms with Crippen molar-refractivity contribution < 1.29 is 5.11 Å². The number of rotatable bonds is 1. The van der Waals surface area contributed by atoms with E-state index in [9.17, 15) is 5.11 Å². The molecule has 17 heavy (non-hydrogen) atoms. The van der Waals surface area contributed by atoms with E-state index >= 15 is 0 Å². The fourth-order valence-electron chi connectivity index (χ4n) is 2.24. The largest absolute Gasteiger partial charge is 0.391 e. The lowest BCUT2D eigenvalue weighted by Crippen LogP contribution is -2.24. The highest BCUT2D eigenvalue weighted by atomic mass is 79.9. The van der Waals surface area contributed by atoms with Crippen molar-refractivity contribution in [1.82, 2.24) is 9.55 Å². The molecule has 3 rings (SSSR count). The molecule has 3 nitrogen and oxygen atoms in total. The summed E-state index contributed by atoms with van der Waals surface area (Å²) in [5.74, 6) is 0.976. The molecule has 0 spiro atoms. The highest BCUT2D eigenvalue weighted by molar-refractivity contribution is 9.10. The molecular formula is C12H13BrN2OS. The molecule has 0 fully saturated rings. The molecule has 0 aromatic carbocycles. The van der Waals surface area contributed by atoms with Gasteiger partial charge in [0.1, 0.15) is 4.60 Å². The summed E-state index contributed by atoms with van der Waals surface area (Å²) in [5, 5.41) is 9.78. The van der Waals surface area contributed by atoms with Crippen LogP contribution in [-0.2, 0) is 13.0 Å². The van der Waals surface area contributed by atoms with Crippen molar-refractivity contribution >= 4 is 27.3 Å². The molecule has 0 bridgehead atoms. The molecule has 0 radical (unpaired) electrons. The van der Waals surface area contributed by atoms with E-state index in [4.69, 9.17) is 0 Å². The molecule has 1 aliphatic heterocycles. The summed E-state index contributed by atoms with van der Waals surface area (Å²) in [7, 11) is 0. The molecule has 1 unspecified atom stereocenters. The predicted octanol–water partition coefficient (Wildman–Crippen LogP) is 2.99. The first-order chi connectivity index (χ1) is 8.15. The van der Waals surface area contributed by atoms with E-state index in [2.05, 4.69) is 44.5 Å². The Morgan fingerprint density at radius 1 is 1.53 bits per heavy atom. The van der Waals surface area contributed by atoms with Crippen LogP contribution in [0.25, 0.3) is 10.7 Å². The Balaban J connectivity index is 2.12. The third kappa shape index (κ3) is 1.96. The third-order valence-electron chi connectivity index (χ3n) is 3.09. The number of hydrogen-bond donors (Lipinski definition) is 1. The monoisotopic (exact) mass is 312 g/mol. The zero-order chi connectivity index (χ0) is 12.0. The van der Waals surface area contributed by atoms with Crippen LogP contribution in [0.5, 0.6) is 0 Å². The second kappa shape index (κ2) is 4.23. The second-order valence-corrected chi connectivity index (χ2v) is 6.43. The molecule has 90 valence electrons. The van der Waals surface area contributed by atoms with Crippen LogP contribution < -0.4 is 0 Å². The number of imidazole rings is 1. The van der Waals surface area contributed by atoms with Crippen molar-refractivity contribution in [3.63, 3.8) is 0 Å². The minimum absolute atomic E-state index is 0.247. The Morgan fingerprint density at radius 3 is 3.06 bits per heavy atom. The summed E-state index contributed by atoms with van der Waals surface area (Å²) >= 11 is 5.26. The number of halogens is 1. The first kappa shape index (κ1) is 11.4. The van der Waals surface area contributed by atoms with E-state index in [1.165, 1.54) is 15.4 Å². The van der Waals surface area contributed by atoms with Crippen molar-refractivity contribution in [2.45, 2.75) is 32.4 Å². The van der Waals surface area contributed by atoms with Crippen molar-refractivity contribution in [2.24, 2.45) is 0 Å². The number of hydrogen-bond acceptors (Lipinski definition) is 3. The van der Waals surface area contributed by atoms with Gasteiger partial charge in [0.05, 0.1) is 23.2 Å². The average molecular weight is 313 g/mol. The van der Waals surface area contributed by atoms with Crippen molar-refractivity contribution in [1.29, 1.82) is 0 Å². The second-order valence-electron chi connectivity index (χ2n) is 4.39. The van der Waals surface area contributed by atoms with Gasteiger partial charge < -0.3 is 9.67 Å². The van der Waals surface area contributed by atoms with Gasteiger partial charge in [-0.1, -0.05) is 0 Å². The number of aliphatic hydroxyl groups is 1. The smallest absolute Gasteiger partial charge is 0.151 e. The summed E-state index contributed by atoms with van der Waals surface area (Å²) in [6.45, 7) is 2.75. The Labute approximate surface area is 112 Å². The summed E-state index contributed by atoms with van der Waals surface area (Å²) in [5.41, 5.74) is 1.20. The van der Waals surface area contributed by atoms with Gasteiger partial charge in [0.25, 0.3) is 0 Å². The van der Waals surface area contributed by atoms with Gasteiger partial charge in [-0.2, -0.15) is 0 Å². The lowest BCUT2D eigenvalue weighted by atomic mass is 10.1. The fraction of sp³-hybridized carbons (Fsp3) is 0.417. The molecule has 3 heterocycles. The van der Waals surface area contributed by atoms with E-state index in [0.29, 0.717) is 6.54 Å². The normalized spacial score (nSPS) is 19.4. The van der Waals surface area contributed by atoms with Crippen LogP contribution in [0, 0.1) is 6.92 Å². The molecule has 0 amide bonds. The van der Waals surface area contributed by atoms with E-state index in [-0.39, 0.29) is 6.10 Å². The highest BCUT2D eigenvalue weighted by Gasteiger charge is 2.24. The minimum Gasteiger partial charge on any atom is -0.391 e. The Hall–Kier alpha value is -0.650. The maximum absolute atomic E-state index is 9.78. The topological polar surface area (TPSA) is 38.0 Å². The van der Waals surface area contributed by atoms with Gasteiger partial charge in [0.15, 0.2) is 5.82 Å². The molecule has 1 aliphatic rings. The summed E-state index contributed by atoms with van der Waals surface area (Å²) < 4.78 is 3.06. The molecule has 1 N–H and O–H groups in total. The number of aryl methyl sites for hydroxylation is 1. The van der Waals surface area contributed by atoms with Crippen molar-refractivity contribution in [3.8, 4) is 10.7 Å². The summed E-state index contributed by atoms with van der Waals surface area (Å²) in [6, 6.07) is 4.21. The predicted molar refractivity (Wildman–Crippen MR) is 72.3 cm³/mol. The van der Waals surface area contributed by atoms with Crippen LogP contribution in [0.2, 0.25) is 0 Å². The summed E-state index contributed by atoms with van der Waals surface area (Å²) in [4.78, 5) is 7.04. The first-order valence-electron chi connectivity index (χ1n) is 5.65. The Kier molecular flexibility index (Phi) is 2.84. The van der Waals surface area contributed by atoms with Crippen LogP contribution in [0.3, 0.4) is 0 Å². The van der Waals surface area contributed by atoms with Crippen LogP contribution in [0.4, 0.5) is 0 Å². The number of aromatic nitrogens is 2. The maximum Gasteiger partial charge on any atom is 0.151 e. The fourth-order valence-corrected chi connectivity index (χ4v) is 3.69. The maximum atomic E-state index is 9.78. The van der Waals surface area contributed by atoms with E-state index in [1.807, 2.05) is 0 Å². The SMILES string of the molecule is Cc1ccc(-c2nc(Br)c3n2CC(O)CC3)s1. The molecule has 0 aliphatic carbocycles. The Morgan fingerprint density at radius 2 is 2.35 bits per heavy atom. The lowest BCUT2D eigenvalue weighted by Gasteiger charge is -2.21. The van der Waals surface area contributed by atoms with Gasteiger partial charge in [0, 0.05) is 4.88 Å². The third-order valence-corrected chi connectivity index (χ3v) is 4.72. The molecule has 0 saturated heterocycles. The summed E-state index contributed by atoms with van der Waals surface area (Å²) in [6.07, 6.45) is 1.47. The van der Waals surface area contributed by atoms with Gasteiger partial charge in [-0.05, 0) is 47.8 Å². The van der Waals surface area contributed by atoms with Crippen LogP contribution >= 0.6 is 27.3 Å². The highest BCUT2D eigenvalue weighted by Crippen LogP contribution is 2.33. The quantitative estimate of drug-likeness (QED) is 0.879. The van der Waals surface area contributed by atoms with Gasteiger partial charge in [-0.25, -0.2) is 4.98 Å². The van der Waals surface area contributed by atoms with E-state index in [0.717, 1.165) is 23.3 Å². The van der Waals surface area contributed by atoms with E-state index < -0.39 is 0 Å². The van der Waals surface area contributed by atoms with Crippen LogP contribution in [0.15, 0.2) is 16.7 Å². The number of nitrogens with zero attached hydrogens (tertiary/aromatic N) is 2. The molecule has 2 aromatic rings. The molecular weight excluding hydrogens is 300 g/mol. The zero-order valence-corrected chi connectivity index (χ0v) is 11.9. The van der Waals surface area contributed by atoms with Gasteiger partial charge in [-0.15, -0.1) is 11.3 Å². The molecule has 1 atom stereocenters. The molecule has 5 heteroatoms. The number of thiophene rings is 1. The molecule has 2 aromatic heterocycles. The number of aliphatic hydroxyl groups excluding tert-OH is 1. The van der Waals surface area contributed by atoms with Gasteiger partial charge in [-0.3, -0.25) is 0 Å². The zero-order valence-electron chi connectivity index (χ0n) is 9.48. The van der Waals surface area contributed by atoms with Gasteiger partial charge >= 0.3 is 0 Å². The van der Waals surface area contributed by atoms with Crippen LogP contribution in [0.1, 0.15) is 17.0 Å². The van der Waals surface area contributed by atoms with Crippen molar-refractivity contribution in [3.05, 3.63) is 27.3 Å². The van der Waals surface area contributed by atoms with Gasteiger partial charge in [0.2, 0.25) is 0 Å².